The lowest BCUT2D eigenvalue weighted by Gasteiger charge is -2.20. The van der Waals surface area contributed by atoms with Gasteiger partial charge in [0.25, 0.3) is 0 Å². The summed E-state index contributed by atoms with van der Waals surface area (Å²) in [4.78, 5) is 0. The Morgan fingerprint density at radius 2 is 1.80 bits per heavy atom. The van der Waals surface area contributed by atoms with Gasteiger partial charge in [0.1, 0.15) is 10.0 Å². The summed E-state index contributed by atoms with van der Waals surface area (Å²) in [6.07, 6.45) is 10.4. The second kappa shape index (κ2) is 7.51. The van der Waals surface area contributed by atoms with Crippen LogP contribution in [0.4, 0.5) is 0 Å². The Kier molecular flexibility index (Phi) is 5.97. The van der Waals surface area contributed by atoms with Crippen LogP contribution in [0.1, 0.15) is 69.3 Å². The van der Waals surface area contributed by atoms with Crippen LogP contribution in [-0.2, 0) is 12.8 Å². The standard InChI is InChI=1S/C16H29N3S/c1-16(2,3)17-11-7-10-14-18-19-15(20-14)12-13-8-5-4-6-9-13/h13,17H,4-12H2,1-3H3. The molecule has 0 spiro atoms. The molecular formula is C16H29N3S. The summed E-state index contributed by atoms with van der Waals surface area (Å²) in [5.41, 5.74) is 0.216. The summed E-state index contributed by atoms with van der Waals surface area (Å²) < 4.78 is 0. The van der Waals surface area contributed by atoms with Crippen LogP contribution in [-0.4, -0.2) is 22.3 Å². The zero-order chi connectivity index (χ0) is 14.4. The van der Waals surface area contributed by atoms with Crippen LogP contribution in [0.3, 0.4) is 0 Å². The van der Waals surface area contributed by atoms with E-state index in [4.69, 9.17) is 0 Å². The molecule has 1 aliphatic carbocycles. The SMILES string of the molecule is CC(C)(C)NCCCc1nnc(CC2CCCCC2)s1. The van der Waals surface area contributed by atoms with Crippen molar-refractivity contribution in [2.24, 2.45) is 5.92 Å². The van der Waals surface area contributed by atoms with E-state index in [0.29, 0.717) is 0 Å². The Morgan fingerprint density at radius 3 is 2.50 bits per heavy atom. The van der Waals surface area contributed by atoms with E-state index in [1.165, 1.54) is 42.1 Å². The minimum absolute atomic E-state index is 0.216. The second-order valence-corrected chi connectivity index (χ2v) is 8.22. The number of aromatic nitrogens is 2. The van der Waals surface area contributed by atoms with E-state index in [0.717, 1.165) is 31.7 Å². The molecule has 1 aromatic rings. The number of hydrogen-bond acceptors (Lipinski definition) is 4. The van der Waals surface area contributed by atoms with E-state index >= 15 is 0 Å². The van der Waals surface area contributed by atoms with Crippen LogP contribution in [0, 0.1) is 5.92 Å². The second-order valence-electron chi connectivity index (χ2n) is 7.08. The Bertz CT molecular complexity index is 389. The Labute approximate surface area is 127 Å². The summed E-state index contributed by atoms with van der Waals surface area (Å²) in [5.74, 6) is 0.868. The fraction of sp³-hybridized carbons (Fsp3) is 0.875. The van der Waals surface area contributed by atoms with Crippen molar-refractivity contribution in [3.05, 3.63) is 10.0 Å². The molecule has 0 saturated heterocycles. The van der Waals surface area contributed by atoms with Gasteiger partial charge in [-0.05, 0) is 39.7 Å². The summed E-state index contributed by atoms with van der Waals surface area (Å²) in [5, 5.41) is 14.7. The molecule has 1 saturated carbocycles. The molecule has 1 heterocycles. The molecule has 3 nitrogen and oxygen atoms in total. The largest absolute Gasteiger partial charge is 0.312 e. The Hall–Kier alpha value is -0.480. The number of nitrogens with zero attached hydrogens (tertiary/aromatic N) is 2. The zero-order valence-corrected chi connectivity index (χ0v) is 14.1. The first kappa shape index (κ1) is 15.9. The van der Waals surface area contributed by atoms with E-state index < -0.39 is 0 Å². The zero-order valence-electron chi connectivity index (χ0n) is 13.2. The van der Waals surface area contributed by atoms with Crippen molar-refractivity contribution in [2.45, 2.75) is 77.7 Å². The summed E-state index contributed by atoms with van der Waals surface area (Å²) >= 11 is 1.83. The van der Waals surface area contributed by atoms with Gasteiger partial charge in [-0.15, -0.1) is 21.5 Å². The maximum atomic E-state index is 4.39. The van der Waals surface area contributed by atoms with E-state index in [9.17, 15) is 0 Å². The smallest absolute Gasteiger partial charge is 0.117 e. The van der Waals surface area contributed by atoms with Gasteiger partial charge in [-0.25, -0.2) is 0 Å². The highest BCUT2D eigenvalue weighted by molar-refractivity contribution is 7.11. The number of aryl methyl sites for hydroxylation is 1. The Morgan fingerprint density at radius 1 is 1.10 bits per heavy atom. The van der Waals surface area contributed by atoms with Crippen LogP contribution < -0.4 is 5.32 Å². The van der Waals surface area contributed by atoms with Crippen LogP contribution in [0.2, 0.25) is 0 Å². The molecule has 20 heavy (non-hydrogen) atoms. The van der Waals surface area contributed by atoms with Crippen molar-refractivity contribution in [2.75, 3.05) is 6.54 Å². The van der Waals surface area contributed by atoms with Crippen molar-refractivity contribution >= 4 is 11.3 Å². The molecule has 0 radical (unpaired) electrons. The predicted octanol–water partition coefficient (Wildman–Crippen LogP) is 3.98. The molecule has 4 heteroatoms. The maximum absolute atomic E-state index is 4.39. The van der Waals surface area contributed by atoms with Crippen molar-refractivity contribution in [3.8, 4) is 0 Å². The molecule has 0 amide bonds. The lowest BCUT2D eigenvalue weighted by atomic mass is 9.87. The van der Waals surface area contributed by atoms with Crippen molar-refractivity contribution < 1.29 is 0 Å². The van der Waals surface area contributed by atoms with Gasteiger partial charge in [-0.1, -0.05) is 32.1 Å². The van der Waals surface area contributed by atoms with Crippen LogP contribution in [0.15, 0.2) is 0 Å². The van der Waals surface area contributed by atoms with Crippen LogP contribution >= 0.6 is 11.3 Å². The fourth-order valence-corrected chi connectivity index (χ4v) is 3.81. The van der Waals surface area contributed by atoms with Crippen molar-refractivity contribution in [1.82, 2.24) is 15.5 Å². The fourth-order valence-electron chi connectivity index (χ4n) is 2.81. The molecule has 1 aromatic heterocycles. The molecule has 0 unspecified atom stereocenters. The normalized spacial score (nSPS) is 17.6. The van der Waals surface area contributed by atoms with E-state index in [-0.39, 0.29) is 5.54 Å². The lowest BCUT2D eigenvalue weighted by molar-refractivity contribution is 0.356. The molecule has 1 fully saturated rings. The van der Waals surface area contributed by atoms with Crippen LogP contribution in [0.5, 0.6) is 0 Å². The van der Waals surface area contributed by atoms with Gasteiger partial charge in [0.2, 0.25) is 0 Å². The van der Waals surface area contributed by atoms with Gasteiger partial charge in [-0.2, -0.15) is 0 Å². The van der Waals surface area contributed by atoms with Gasteiger partial charge in [0.05, 0.1) is 0 Å². The number of nitrogens with one attached hydrogen (secondary N) is 1. The first-order chi connectivity index (χ1) is 9.53. The number of rotatable bonds is 6. The van der Waals surface area contributed by atoms with Gasteiger partial charge in [-0.3, -0.25) is 0 Å². The Balaban J connectivity index is 1.69. The molecule has 114 valence electrons. The molecule has 0 bridgehead atoms. The topological polar surface area (TPSA) is 37.8 Å². The molecule has 0 aliphatic heterocycles. The van der Waals surface area contributed by atoms with Crippen molar-refractivity contribution in [3.63, 3.8) is 0 Å². The third-order valence-electron chi connectivity index (χ3n) is 3.92. The van der Waals surface area contributed by atoms with Gasteiger partial charge < -0.3 is 5.32 Å². The minimum atomic E-state index is 0.216. The summed E-state index contributed by atoms with van der Waals surface area (Å²) in [7, 11) is 0. The van der Waals surface area contributed by atoms with E-state index in [1.54, 1.807) is 0 Å². The average molecular weight is 295 g/mol. The summed E-state index contributed by atoms with van der Waals surface area (Å²) in [6.45, 7) is 7.68. The molecule has 2 rings (SSSR count). The minimum Gasteiger partial charge on any atom is -0.312 e. The highest BCUT2D eigenvalue weighted by atomic mass is 32.1. The maximum Gasteiger partial charge on any atom is 0.117 e. The molecular weight excluding hydrogens is 266 g/mol. The predicted molar refractivity (Wildman–Crippen MR) is 86.3 cm³/mol. The molecule has 1 aliphatic rings. The third-order valence-corrected chi connectivity index (χ3v) is 4.92. The van der Waals surface area contributed by atoms with E-state index in [1.807, 2.05) is 11.3 Å². The first-order valence-electron chi connectivity index (χ1n) is 8.09. The molecule has 1 N–H and O–H groups in total. The highest BCUT2D eigenvalue weighted by Gasteiger charge is 2.16. The van der Waals surface area contributed by atoms with Gasteiger partial charge in [0, 0.05) is 18.4 Å². The van der Waals surface area contributed by atoms with Crippen LogP contribution in [0.25, 0.3) is 0 Å². The van der Waals surface area contributed by atoms with Gasteiger partial charge in [0.15, 0.2) is 0 Å². The molecule has 0 atom stereocenters. The summed E-state index contributed by atoms with van der Waals surface area (Å²) in [6, 6.07) is 0. The number of hydrogen-bond donors (Lipinski definition) is 1. The van der Waals surface area contributed by atoms with E-state index in [2.05, 4.69) is 36.3 Å². The monoisotopic (exact) mass is 295 g/mol. The van der Waals surface area contributed by atoms with Gasteiger partial charge >= 0.3 is 0 Å². The first-order valence-corrected chi connectivity index (χ1v) is 8.91. The average Bonchev–Trinajstić information content (AvgIpc) is 2.82. The van der Waals surface area contributed by atoms with Crippen molar-refractivity contribution in [1.29, 1.82) is 0 Å². The molecule has 0 aromatic carbocycles. The lowest BCUT2D eigenvalue weighted by Crippen LogP contribution is -2.36. The quantitative estimate of drug-likeness (QED) is 0.807. The third kappa shape index (κ3) is 5.88. The highest BCUT2D eigenvalue weighted by Crippen LogP contribution is 2.27.